The second-order valence-electron chi connectivity index (χ2n) is 4.48. The van der Waals surface area contributed by atoms with E-state index in [0.29, 0.717) is 42.0 Å². The minimum absolute atomic E-state index is 0.0597. The van der Waals surface area contributed by atoms with Crippen molar-refractivity contribution in [3.63, 3.8) is 0 Å². The number of hydrogen-bond donors (Lipinski definition) is 1. The third kappa shape index (κ3) is 3.79. The second-order valence-corrected chi connectivity index (χ2v) is 5.27. The zero-order valence-electron chi connectivity index (χ0n) is 11.0. The van der Waals surface area contributed by atoms with Crippen LogP contribution in [0.25, 0.3) is 0 Å². The van der Waals surface area contributed by atoms with Crippen LogP contribution >= 0.6 is 23.8 Å². The van der Waals surface area contributed by atoms with Gasteiger partial charge in [-0.15, -0.1) is 0 Å². The molecule has 112 valence electrons. The Morgan fingerprint density at radius 2 is 2.05 bits per heavy atom. The molecule has 0 radical (unpaired) electrons. The van der Waals surface area contributed by atoms with Gasteiger partial charge in [-0.05, 0) is 18.3 Å². The van der Waals surface area contributed by atoms with Crippen LogP contribution in [0.1, 0.15) is 0 Å². The molecule has 1 aromatic rings. The summed E-state index contributed by atoms with van der Waals surface area (Å²) in [4.78, 5) is 24.5. The van der Waals surface area contributed by atoms with Gasteiger partial charge in [-0.1, -0.05) is 11.6 Å². The molecule has 1 heterocycles. The van der Waals surface area contributed by atoms with E-state index in [1.165, 1.54) is 18.2 Å². The maximum atomic E-state index is 10.8. The van der Waals surface area contributed by atoms with Gasteiger partial charge in [-0.2, -0.15) is 0 Å². The Balaban J connectivity index is 2.04. The average molecular weight is 329 g/mol. The van der Waals surface area contributed by atoms with Crippen molar-refractivity contribution in [3.8, 4) is 0 Å². The Kier molecular flexibility index (Phi) is 4.92. The van der Waals surface area contributed by atoms with Crippen LogP contribution in [0.5, 0.6) is 0 Å². The van der Waals surface area contributed by atoms with Crippen LogP contribution in [0.4, 0.5) is 11.4 Å². The highest BCUT2D eigenvalue weighted by Gasteiger charge is 2.19. The summed E-state index contributed by atoms with van der Waals surface area (Å²) in [5.41, 5.74) is 0.337. The van der Waals surface area contributed by atoms with E-state index in [9.17, 15) is 14.9 Å². The number of nitro groups is 1. The molecule has 0 unspecified atom stereocenters. The first-order valence-electron chi connectivity index (χ1n) is 6.20. The monoisotopic (exact) mass is 328 g/mol. The molecule has 2 rings (SSSR count). The summed E-state index contributed by atoms with van der Waals surface area (Å²) >= 11 is 11.3. The van der Waals surface area contributed by atoms with Gasteiger partial charge in [0.2, 0.25) is 6.41 Å². The first kappa shape index (κ1) is 15.5. The predicted molar refractivity (Wildman–Crippen MR) is 83.5 cm³/mol. The highest BCUT2D eigenvalue weighted by molar-refractivity contribution is 7.80. The largest absolute Gasteiger partial charge is 0.345 e. The highest BCUT2D eigenvalue weighted by Crippen LogP contribution is 2.27. The summed E-state index contributed by atoms with van der Waals surface area (Å²) < 4.78 is 0. The molecule has 21 heavy (non-hydrogen) atoms. The number of hydrogen-bond acceptors (Lipinski definition) is 4. The third-order valence-electron chi connectivity index (χ3n) is 3.15. The van der Waals surface area contributed by atoms with Crippen LogP contribution in [0.3, 0.4) is 0 Å². The van der Waals surface area contributed by atoms with Crippen molar-refractivity contribution in [3.05, 3.63) is 33.3 Å². The van der Waals surface area contributed by atoms with E-state index < -0.39 is 4.92 Å². The number of nitrogens with zero attached hydrogens (tertiary/aromatic N) is 3. The van der Waals surface area contributed by atoms with Crippen molar-refractivity contribution in [2.75, 3.05) is 31.5 Å². The van der Waals surface area contributed by atoms with Crippen molar-refractivity contribution in [2.24, 2.45) is 0 Å². The quantitative estimate of drug-likeness (QED) is 0.394. The average Bonchev–Trinajstić information content (AvgIpc) is 2.49. The van der Waals surface area contributed by atoms with Crippen LogP contribution in [0, 0.1) is 10.1 Å². The molecule has 1 aliphatic heterocycles. The van der Waals surface area contributed by atoms with Crippen LogP contribution in [0.15, 0.2) is 18.2 Å². The zero-order valence-corrected chi connectivity index (χ0v) is 12.6. The number of halogens is 1. The van der Waals surface area contributed by atoms with Gasteiger partial charge in [-0.3, -0.25) is 14.9 Å². The van der Waals surface area contributed by atoms with Gasteiger partial charge in [0.1, 0.15) is 0 Å². The fourth-order valence-electron chi connectivity index (χ4n) is 1.95. The lowest BCUT2D eigenvalue weighted by molar-refractivity contribution is -0.384. The number of carbonyl (C=O) groups excluding carboxylic acids is 1. The van der Waals surface area contributed by atoms with Crippen molar-refractivity contribution in [2.45, 2.75) is 0 Å². The summed E-state index contributed by atoms with van der Waals surface area (Å²) in [6.07, 6.45) is 0.811. The molecule has 7 nitrogen and oxygen atoms in total. The predicted octanol–water partition coefficient (Wildman–Crippen LogP) is 1.72. The van der Waals surface area contributed by atoms with E-state index in [2.05, 4.69) is 5.32 Å². The van der Waals surface area contributed by atoms with Crippen molar-refractivity contribution in [1.82, 2.24) is 9.80 Å². The van der Waals surface area contributed by atoms with Crippen molar-refractivity contribution >= 4 is 46.7 Å². The maximum absolute atomic E-state index is 10.8. The van der Waals surface area contributed by atoms with Gasteiger partial charge in [0.25, 0.3) is 5.69 Å². The molecule has 9 heteroatoms. The maximum Gasteiger partial charge on any atom is 0.271 e. The molecule has 0 saturated carbocycles. The van der Waals surface area contributed by atoms with Crippen LogP contribution in [0.2, 0.25) is 5.02 Å². The number of thiocarbonyl (C=S) groups is 1. The van der Waals surface area contributed by atoms with E-state index in [0.717, 1.165) is 6.41 Å². The zero-order chi connectivity index (χ0) is 15.4. The van der Waals surface area contributed by atoms with E-state index >= 15 is 0 Å². The SMILES string of the molecule is O=CN1CCN(C(=S)Nc2cc([N+](=O)[O-])ccc2Cl)CC1. The number of nitro benzene ring substituents is 1. The molecule has 0 aliphatic carbocycles. The molecule has 0 aromatic heterocycles. The van der Waals surface area contributed by atoms with Gasteiger partial charge in [-0.25, -0.2) is 0 Å². The molecule has 1 amide bonds. The Labute approximate surface area is 131 Å². The van der Waals surface area contributed by atoms with Gasteiger partial charge < -0.3 is 15.1 Å². The summed E-state index contributed by atoms with van der Waals surface area (Å²) in [6.45, 7) is 2.40. The summed E-state index contributed by atoms with van der Waals surface area (Å²) in [7, 11) is 0. The Bertz CT molecular complexity index is 576. The summed E-state index contributed by atoms with van der Waals surface area (Å²) in [5, 5.41) is 14.5. The first-order chi connectivity index (χ1) is 10.0. The molecule has 1 aliphatic rings. The second kappa shape index (κ2) is 6.68. The van der Waals surface area contributed by atoms with Gasteiger partial charge in [0.15, 0.2) is 5.11 Å². The van der Waals surface area contributed by atoms with Crippen LogP contribution in [-0.2, 0) is 4.79 Å². The minimum atomic E-state index is -0.493. The fraction of sp³-hybridized carbons (Fsp3) is 0.333. The minimum Gasteiger partial charge on any atom is -0.345 e. The molecular formula is C12H13ClN4O3S. The lowest BCUT2D eigenvalue weighted by atomic mass is 10.3. The lowest BCUT2D eigenvalue weighted by Crippen LogP contribution is -2.49. The molecule has 1 fully saturated rings. The normalized spacial score (nSPS) is 14.7. The van der Waals surface area contributed by atoms with E-state index in [1.807, 2.05) is 4.90 Å². The number of benzene rings is 1. The third-order valence-corrected chi connectivity index (χ3v) is 3.84. The smallest absolute Gasteiger partial charge is 0.271 e. The molecule has 1 aromatic carbocycles. The van der Waals surface area contributed by atoms with Gasteiger partial charge >= 0.3 is 0 Å². The number of nitrogens with one attached hydrogen (secondary N) is 1. The molecule has 0 atom stereocenters. The van der Waals surface area contributed by atoms with Crippen LogP contribution in [-0.4, -0.2) is 52.4 Å². The van der Waals surface area contributed by atoms with Crippen molar-refractivity contribution < 1.29 is 9.72 Å². The number of piperazine rings is 1. The number of carbonyl (C=O) groups is 1. The lowest BCUT2D eigenvalue weighted by Gasteiger charge is -2.34. The highest BCUT2D eigenvalue weighted by atomic mass is 35.5. The Hall–Kier alpha value is -1.93. The van der Waals surface area contributed by atoms with Crippen LogP contribution < -0.4 is 5.32 Å². The fourth-order valence-corrected chi connectivity index (χ4v) is 2.40. The van der Waals surface area contributed by atoms with E-state index in [1.54, 1.807) is 4.90 Å². The molecule has 0 bridgehead atoms. The Morgan fingerprint density at radius 1 is 1.38 bits per heavy atom. The topological polar surface area (TPSA) is 78.7 Å². The number of non-ortho nitro benzene ring substituents is 1. The number of anilines is 1. The van der Waals surface area contributed by atoms with Crippen molar-refractivity contribution in [1.29, 1.82) is 0 Å². The Morgan fingerprint density at radius 3 is 2.62 bits per heavy atom. The van der Waals surface area contributed by atoms with Gasteiger partial charge in [0.05, 0.1) is 15.6 Å². The summed E-state index contributed by atoms with van der Waals surface area (Å²) in [6, 6.07) is 4.13. The standard InChI is InChI=1S/C12H13ClN4O3S/c13-10-2-1-9(17(19)20)7-11(10)14-12(21)16-5-3-15(8-18)4-6-16/h1-2,7-8H,3-6H2,(H,14,21). The molecular weight excluding hydrogens is 316 g/mol. The summed E-state index contributed by atoms with van der Waals surface area (Å²) in [5.74, 6) is 0. The number of amides is 1. The first-order valence-corrected chi connectivity index (χ1v) is 6.99. The molecule has 0 spiro atoms. The number of rotatable bonds is 3. The van der Waals surface area contributed by atoms with E-state index in [-0.39, 0.29) is 5.69 Å². The molecule has 1 saturated heterocycles. The molecule has 1 N–H and O–H groups in total. The van der Waals surface area contributed by atoms with E-state index in [4.69, 9.17) is 23.8 Å². The van der Waals surface area contributed by atoms with Gasteiger partial charge in [0, 0.05) is 38.3 Å².